The van der Waals surface area contributed by atoms with Crippen molar-refractivity contribution in [2.75, 3.05) is 0 Å². The van der Waals surface area contributed by atoms with Gasteiger partial charge in [0, 0.05) is 0 Å². The fraction of sp³-hybridized carbons (Fsp3) is 0.200. The molecule has 94 valence electrons. The van der Waals surface area contributed by atoms with E-state index in [2.05, 4.69) is 25.9 Å². The van der Waals surface area contributed by atoms with Gasteiger partial charge in [0.2, 0.25) is 0 Å². The van der Waals surface area contributed by atoms with Crippen LogP contribution in [0.15, 0.2) is 18.2 Å². The molecule has 0 aliphatic carbocycles. The average Bonchev–Trinajstić information content (AvgIpc) is 2.85. The number of phenolic OH excluding ortho intramolecular Hbond substituents is 1. The van der Waals surface area contributed by atoms with Gasteiger partial charge in [-0.05, 0) is 25.1 Å². The molecular weight excluding hydrogens is 241 g/mol. The first-order chi connectivity index (χ1) is 8.58. The topological polar surface area (TPSA) is 104 Å². The van der Waals surface area contributed by atoms with Gasteiger partial charge in [-0.3, -0.25) is 4.79 Å². The number of hydrogen-bond donors (Lipinski definition) is 3. The van der Waals surface area contributed by atoms with Gasteiger partial charge in [-0.1, -0.05) is 5.21 Å². The molecule has 3 N–H and O–H groups in total. The molecule has 8 heteroatoms. The molecule has 0 aliphatic heterocycles. The Hall–Kier alpha value is -2.51. The summed E-state index contributed by atoms with van der Waals surface area (Å²) in [5.74, 6) is -1.23. The van der Waals surface area contributed by atoms with Gasteiger partial charge in [0.05, 0.1) is 11.6 Å². The van der Waals surface area contributed by atoms with E-state index >= 15 is 0 Å². The predicted octanol–water partition coefficient (Wildman–Crippen LogP) is 0.535. The number of phenols is 1. The van der Waals surface area contributed by atoms with Gasteiger partial charge in [-0.2, -0.15) is 5.21 Å². The highest BCUT2D eigenvalue weighted by molar-refractivity contribution is 5.96. The number of nitrogens with zero attached hydrogens (tertiary/aromatic N) is 3. The average molecular weight is 251 g/mol. The van der Waals surface area contributed by atoms with Crippen LogP contribution in [0.5, 0.6) is 5.75 Å². The van der Waals surface area contributed by atoms with Crippen molar-refractivity contribution < 1.29 is 14.3 Å². The number of carbonyl (C=O) groups is 1. The minimum absolute atomic E-state index is 0.148. The van der Waals surface area contributed by atoms with Gasteiger partial charge in [0.1, 0.15) is 11.6 Å². The fourth-order valence-corrected chi connectivity index (χ4v) is 1.38. The molecule has 0 bridgehead atoms. The van der Waals surface area contributed by atoms with Crippen LogP contribution in [0.1, 0.15) is 29.1 Å². The van der Waals surface area contributed by atoms with Crippen molar-refractivity contribution in [3.05, 3.63) is 35.4 Å². The summed E-state index contributed by atoms with van der Waals surface area (Å²) in [4.78, 5) is 11.8. The van der Waals surface area contributed by atoms with Gasteiger partial charge in [0.25, 0.3) is 5.91 Å². The molecule has 0 saturated heterocycles. The van der Waals surface area contributed by atoms with Crippen LogP contribution in [-0.2, 0) is 0 Å². The van der Waals surface area contributed by atoms with Crippen molar-refractivity contribution in [1.29, 1.82) is 0 Å². The quantitative estimate of drug-likeness (QED) is 0.738. The van der Waals surface area contributed by atoms with Crippen molar-refractivity contribution in [2.24, 2.45) is 0 Å². The molecule has 0 spiro atoms. The van der Waals surface area contributed by atoms with E-state index in [0.717, 1.165) is 18.2 Å². The summed E-state index contributed by atoms with van der Waals surface area (Å²) in [6.07, 6.45) is 0. The minimum Gasteiger partial charge on any atom is -0.507 e. The van der Waals surface area contributed by atoms with E-state index in [1.165, 1.54) is 0 Å². The fourth-order valence-electron chi connectivity index (χ4n) is 1.38. The normalized spacial score (nSPS) is 12.1. The van der Waals surface area contributed by atoms with Crippen LogP contribution < -0.4 is 5.32 Å². The number of aromatic hydroxyl groups is 1. The Morgan fingerprint density at radius 1 is 1.56 bits per heavy atom. The van der Waals surface area contributed by atoms with Crippen LogP contribution >= 0.6 is 0 Å². The van der Waals surface area contributed by atoms with E-state index in [4.69, 9.17) is 0 Å². The largest absolute Gasteiger partial charge is 0.507 e. The number of H-pyrrole nitrogens is 1. The van der Waals surface area contributed by atoms with E-state index in [9.17, 15) is 14.3 Å². The first kappa shape index (κ1) is 12.0. The molecule has 0 saturated carbocycles. The Kier molecular flexibility index (Phi) is 3.18. The predicted molar refractivity (Wildman–Crippen MR) is 58.1 cm³/mol. The molecule has 1 aromatic carbocycles. The lowest BCUT2D eigenvalue weighted by Gasteiger charge is -2.10. The Balaban J connectivity index is 2.15. The Bertz CT molecular complexity index is 557. The highest BCUT2D eigenvalue weighted by Crippen LogP contribution is 2.18. The van der Waals surface area contributed by atoms with Gasteiger partial charge in [0.15, 0.2) is 5.82 Å². The molecule has 0 aliphatic rings. The maximum Gasteiger partial charge on any atom is 0.255 e. The number of aromatic amines is 1. The van der Waals surface area contributed by atoms with Crippen molar-refractivity contribution >= 4 is 5.91 Å². The Morgan fingerprint density at radius 2 is 2.33 bits per heavy atom. The number of nitrogens with one attached hydrogen (secondary N) is 2. The molecule has 1 atom stereocenters. The van der Waals surface area contributed by atoms with Gasteiger partial charge < -0.3 is 10.4 Å². The van der Waals surface area contributed by atoms with E-state index in [-0.39, 0.29) is 11.3 Å². The molecule has 7 nitrogen and oxygen atoms in total. The Labute approximate surface area is 101 Å². The second-order valence-corrected chi connectivity index (χ2v) is 3.63. The summed E-state index contributed by atoms with van der Waals surface area (Å²) in [5.41, 5.74) is -0.148. The van der Waals surface area contributed by atoms with Crippen LogP contribution in [0.25, 0.3) is 0 Å². The molecule has 2 rings (SSSR count). The minimum atomic E-state index is -0.621. The number of aromatic nitrogens is 4. The summed E-state index contributed by atoms with van der Waals surface area (Å²) in [5, 5.41) is 25.0. The zero-order chi connectivity index (χ0) is 13.1. The summed E-state index contributed by atoms with van der Waals surface area (Å²) in [6, 6.07) is 2.62. The second-order valence-electron chi connectivity index (χ2n) is 3.63. The van der Waals surface area contributed by atoms with Gasteiger partial charge in [-0.15, -0.1) is 10.2 Å². The molecule has 1 aromatic heterocycles. The van der Waals surface area contributed by atoms with Crippen LogP contribution in [0.3, 0.4) is 0 Å². The highest BCUT2D eigenvalue weighted by atomic mass is 19.1. The summed E-state index contributed by atoms with van der Waals surface area (Å²) < 4.78 is 13.0. The van der Waals surface area contributed by atoms with Crippen molar-refractivity contribution in [2.45, 2.75) is 13.0 Å². The molecule has 1 amide bonds. The smallest absolute Gasteiger partial charge is 0.255 e. The molecule has 0 fully saturated rings. The molecule has 0 radical (unpaired) electrons. The molecule has 1 heterocycles. The standard InChI is InChI=1S/C10H10FN5O2/c1-5(9-13-15-16-14-9)12-10(18)7-4-6(11)2-3-8(7)17/h2-5,17H,1H3,(H,12,18)(H,13,14,15,16). The number of halogens is 1. The lowest BCUT2D eigenvalue weighted by Crippen LogP contribution is -2.27. The van der Waals surface area contributed by atoms with Gasteiger partial charge in [-0.25, -0.2) is 4.39 Å². The SMILES string of the molecule is CC(NC(=O)c1cc(F)ccc1O)c1nn[nH]n1. The summed E-state index contributed by atoms with van der Waals surface area (Å²) in [6.45, 7) is 1.64. The van der Waals surface area contributed by atoms with Crippen molar-refractivity contribution in [3.8, 4) is 5.75 Å². The first-order valence-corrected chi connectivity index (χ1v) is 5.10. The Morgan fingerprint density at radius 3 is 3.00 bits per heavy atom. The summed E-state index contributed by atoms with van der Waals surface area (Å²) in [7, 11) is 0. The third-order valence-corrected chi connectivity index (χ3v) is 2.30. The van der Waals surface area contributed by atoms with Crippen LogP contribution in [0, 0.1) is 5.82 Å². The lowest BCUT2D eigenvalue weighted by atomic mass is 10.1. The summed E-state index contributed by atoms with van der Waals surface area (Å²) >= 11 is 0. The molecule has 1 unspecified atom stereocenters. The maximum absolute atomic E-state index is 13.0. The van der Waals surface area contributed by atoms with Crippen LogP contribution in [-0.4, -0.2) is 31.6 Å². The van der Waals surface area contributed by atoms with Gasteiger partial charge >= 0.3 is 0 Å². The van der Waals surface area contributed by atoms with Crippen LogP contribution in [0.4, 0.5) is 4.39 Å². The zero-order valence-electron chi connectivity index (χ0n) is 9.38. The highest BCUT2D eigenvalue weighted by Gasteiger charge is 2.17. The third kappa shape index (κ3) is 2.42. The number of carbonyl (C=O) groups excluding carboxylic acids is 1. The number of amides is 1. The number of rotatable bonds is 3. The molecule has 18 heavy (non-hydrogen) atoms. The van der Waals surface area contributed by atoms with E-state index in [1.807, 2.05) is 0 Å². The van der Waals surface area contributed by atoms with Crippen molar-refractivity contribution in [1.82, 2.24) is 25.9 Å². The van der Waals surface area contributed by atoms with Crippen molar-refractivity contribution in [3.63, 3.8) is 0 Å². The van der Waals surface area contributed by atoms with E-state index in [0.29, 0.717) is 5.82 Å². The maximum atomic E-state index is 13.0. The lowest BCUT2D eigenvalue weighted by molar-refractivity contribution is 0.0935. The number of hydrogen-bond acceptors (Lipinski definition) is 5. The molecular formula is C10H10FN5O2. The number of benzene rings is 1. The third-order valence-electron chi connectivity index (χ3n) is 2.30. The van der Waals surface area contributed by atoms with E-state index < -0.39 is 17.8 Å². The monoisotopic (exact) mass is 251 g/mol. The van der Waals surface area contributed by atoms with E-state index in [1.54, 1.807) is 6.92 Å². The molecule has 2 aromatic rings. The number of tetrazole rings is 1. The first-order valence-electron chi connectivity index (χ1n) is 5.10. The zero-order valence-corrected chi connectivity index (χ0v) is 9.38. The second kappa shape index (κ2) is 4.78. The van der Waals surface area contributed by atoms with Crippen LogP contribution in [0.2, 0.25) is 0 Å².